The lowest BCUT2D eigenvalue weighted by Crippen LogP contribution is -2.17. The van der Waals surface area contributed by atoms with E-state index in [1.165, 1.54) is 12.1 Å². The number of halogens is 2. The summed E-state index contributed by atoms with van der Waals surface area (Å²) in [6.45, 7) is 0. The van der Waals surface area contributed by atoms with Gasteiger partial charge in [-0.05, 0) is 19.3 Å². The number of ether oxygens (including phenoxy) is 1. The van der Waals surface area contributed by atoms with Gasteiger partial charge in [0.1, 0.15) is 0 Å². The summed E-state index contributed by atoms with van der Waals surface area (Å²) in [7, 11) is 1.69. The highest BCUT2D eigenvalue weighted by atomic mass is 35.5. The van der Waals surface area contributed by atoms with Gasteiger partial charge in [0.2, 0.25) is 0 Å². The molecule has 1 N–H and O–H groups in total. The topological polar surface area (TPSA) is 64.4 Å². The van der Waals surface area contributed by atoms with Crippen LogP contribution in [0.3, 0.4) is 0 Å². The van der Waals surface area contributed by atoms with Crippen molar-refractivity contribution in [3.63, 3.8) is 0 Å². The predicted octanol–water partition coefficient (Wildman–Crippen LogP) is 3.88. The molecule has 0 heterocycles. The van der Waals surface area contributed by atoms with Crippen LogP contribution in [0.4, 0.5) is 11.4 Å². The lowest BCUT2D eigenvalue weighted by atomic mass is 10.2. The molecular weight excluding hydrogens is 291 g/mol. The third kappa shape index (κ3) is 3.29. The Bertz CT molecular complexity index is 473. The van der Waals surface area contributed by atoms with Crippen molar-refractivity contribution in [2.75, 3.05) is 12.4 Å². The van der Waals surface area contributed by atoms with E-state index in [-0.39, 0.29) is 27.9 Å². The largest absolute Gasteiger partial charge is 0.381 e. The van der Waals surface area contributed by atoms with Crippen LogP contribution in [0, 0.1) is 10.1 Å². The Labute approximate surface area is 121 Å². The van der Waals surface area contributed by atoms with E-state index in [0.717, 1.165) is 19.3 Å². The standard InChI is InChI=1S/C12H14Cl2N2O3/c1-19-9-3-2-7(4-9)15-12-10(13)5-8(16(17)18)6-11(12)14/h5-7,9,15H,2-4H2,1H3. The minimum Gasteiger partial charge on any atom is -0.381 e. The first-order valence-corrected chi connectivity index (χ1v) is 6.69. The average Bonchev–Trinajstić information content (AvgIpc) is 2.81. The van der Waals surface area contributed by atoms with Gasteiger partial charge in [-0.1, -0.05) is 23.2 Å². The van der Waals surface area contributed by atoms with Crippen molar-refractivity contribution in [2.45, 2.75) is 31.4 Å². The Morgan fingerprint density at radius 2 is 2.00 bits per heavy atom. The number of non-ortho nitro benzene ring substituents is 1. The van der Waals surface area contributed by atoms with Crippen LogP contribution in [-0.2, 0) is 4.74 Å². The highest BCUT2D eigenvalue weighted by molar-refractivity contribution is 6.39. The van der Waals surface area contributed by atoms with Crippen LogP contribution in [0.5, 0.6) is 0 Å². The van der Waals surface area contributed by atoms with E-state index in [9.17, 15) is 10.1 Å². The molecule has 2 atom stereocenters. The molecule has 1 aromatic carbocycles. The maximum Gasteiger partial charge on any atom is 0.272 e. The number of nitrogens with zero attached hydrogens (tertiary/aromatic N) is 1. The summed E-state index contributed by atoms with van der Waals surface area (Å²) in [4.78, 5) is 10.2. The molecule has 1 aliphatic carbocycles. The van der Waals surface area contributed by atoms with Crippen molar-refractivity contribution in [1.82, 2.24) is 0 Å². The van der Waals surface area contributed by atoms with Crippen molar-refractivity contribution in [1.29, 1.82) is 0 Å². The zero-order chi connectivity index (χ0) is 14.0. The first-order valence-electron chi connectivity index (χ1n) is 5.94. The smallest absolute Gasteiger partial charge is 0.272 e. The quantitative estimate of drug-likeness (QED) is 0.677. The molecule has 0 radical (unpaired) electrons. The van der Waals surface area contributed by atoms with Crippen LogP contribution in [0.2, 0.25) is 10.0 Å². The van der Waals surface area contributed by atoms with Gasteiger partial charge < -0.3 is 10.1 Å². The summed E-state index contributed by atoms with van der Waals surface area (Å²) in [6.07, 6.45) is 3.06. The van der Waals surface area contributed by atoms with E-state index >= 15 is 0 Å². The normalized spacial score (nSPS) is 22.5. The van der Waals surface area contributed by atoms with Crippen molar-refractivity contribution in [2.24, 2.45) is 0 Å². The number of hydrogen-bond acceptors (Lipinski definition) is 4. The number of methoxy groups -OCH3 is 1. The summed E-state index contributed by atoms with van der Waals surface area (Å²) in [5.41, 5.74) is 0.442. The van der Waals surface area contributed by atoms with E-state index in [1.807, 2.05) is 0 Å². The number of nitro benzene ring substituents is 1. The molecule has 0 spiro atoms. The highest BCUT2D eigenvalue weighted by Crippen LogP contribution is 2.36. The van der Waals surface area contributed by atoms with Gasteiger partial charge >= 0.3 is 0 Å². The van der Waals surface area contributed by atoms with E-state index in [0.29, 0.717) is 5.69 Å². The Kier molecular flexibility index (Phi) is 4.50. The Morgan fingerprint density at radius 3 is 2.47 bits per heavy atom. The van der Waals surface area contributed by atoms with Gasteiger partial charge in [0, 0.05) is 25.3 Å². The molecule has 5 nitrogen and oxygen atoms in total. The zero-order valence-corrected chi connectivity index (χ0v) is 11.9. The van der Waals surface area contributed by atoms with Gasteiger partial charge in [-0.15, -0.1) is 0 Å². The molecule has 1 saturated carbocycles. The van der Waals surface area contributed by atoms with Crippen molar-refractivity contribution < 1.29 is 9.66 Å². The molecule has 7 heteroatoms. The van der Waals surface area contributed by atoms with E-state index in [4.69, 9.17) is 27.9 Å². The van der Waals surface area contributed by atoms with Crippen LogP contribution >= 0.6 is 23.2 Å². The van der Waals surface area contributed by atoms with Crippen LogP contribution < -0.4 is 5.32 Å². The zero-order valence-electron chi connectivity index (χ0n) is 10.4. The summed E-state index contributed by atoms with van der Waals surface area (Å²) < 4.78 is 5.29. The van der Waals surface area contributed by atoms with Crippen molar-refractivity contribution >= 4 is 34.6 Å². The average molecular weight is 305 g/mol. The first-order chi connectivity index (χ1) is 9.01. The number of nitro groups is 1. The Balaban J connectivity index is 2.15. The summed E-state index contributed by atoms with van der Waals surface area (Å²) in [5, 5.41) is 14.5. The fourth-order valence-electron chi connectivity index (χ4n) is 2.29. The maximum atomic E-state index is 10.7. The minimum atomic E-state index is -0.516. The fraction of sp³-hybridized carbons (Fsp3) is 0.500. The summed E-state index contributed by atoms with van der Waals surface area (Å²) in [5.74, 6) is 0. The maximum absolute atomic E-state index is 10.7. The molecule has 0 amide bonds. The lowest BCUT2D eigenvalue weighted by Gasteiger charge is -2.16. The summed E-state index contributed by atoms with van der Waals surface area (Å²) >= 11 is 12.1. The van der Waals surface area contributed by atoms with Crippen LogP contribution in [0.25, 0.3) is 0 Å². The number of benzene rings is 1. The molecule has 2 rings (SSSR count). The Hall–Kier alpha value is -1.04. The first kappa shape index (κ1) is 14.4. The molecule has 1 aromatic rings. The number of anilines is 1. The van der Waals surface area contributed by atoms with Gasteiger partial charge in [0.25, 0.3) is 5.69 Å². The number of nitrogens with one attached hydrogen (secondary N) is 1. The third-order valence-corrected chi connectivity index (χ3v) is 3.90. The van der Waals surface area contributed by atoms with Gasteiger partial charge in [-0.25, -0.2) is 0 Å². The second-order valence-corrected chi connectivity index (χ2v) is 5.37. The van der Waals surface area contributed by atoms with E-state index < -0.39 is 4.92 Å². The predicted molar refractivity (Wildman–Crippen MR) is 75.2 cm³/mol. The molecule has 0 aliphatic heterocycles. The van der Waals surface area contributed by atoms with Gasteiger partial charge in [-0.3, -0.25) is 10.1 Å². The minimum absolute atomic E-state index is 0.110. The molecule has 104 valence electrons. The fourth-order valence-corrected chi connectivity index (χ4v) is 2.88. The SMILES string of the molecule is COC1CCC(Nc2c(Cl)cc([N+](=O)[O-])cc2Cl)C1. The Morgan fingerprint density at radius 1 is 1.37 bits per heavy atom. The van der Waals surface area contributed by atoms with Crippen molar-refractivity contribution in [3.8, 4) is 0 Å². The number of rotatable bonds is 4. The van der Waals surface area contributed by atoms with Crippen molar-refractivity contribution in [3.05, 3.63) is 32.3 Å². The van der Waals surface area contributed by atoms with E-state index in [2.05, 4.69) is 5.32 Å². The van der Waals surface area contributed by atoms with Crippen LogP contribution in [0.15, 0.2) is 12.1 Å². The molecular formula is C12H14Cl2N2O3. The highest BCUT2D eigenvalue weighted by Gasteiger charge is 2.26. The third-order valence-electron chi connectivity index (χ3n) is 3.30. The molecule has 0 bridgehead atoms. The van der Waals surface area contributed by atoms with Crippen LogP contribution in [0.1, 0.15) is 19.3 Å². The molecule has 1 fully saturated rings. The second-order valence-electron chi connectivity index (χ2n) is 4.55. The second kappa shape index (κ2) is 5.94. The molecule has 1 aliphatic rings. The lowest BCUT2D eigenvalue weighted by molar-refractivity contribution is -0.384. The monoisotopic (exact) mass is 304 g/mol. The molecule has 0 saturated heterocycles. The van der Waals surface area contributed by atoms with Gasteiger partial charge in [0.05, 0.1) is 26.8 Å². The molecule has 19 heavy (non-hydrogen) atoms. The molecule has 0 aromatic heterocycles. The van der Waals surface area contributed by atoms with Gasteiger partial charge in [0.15, 0.2) is 0 Å². The van der Waals surface area contributed by atoms with Crippen LogP contribution in [-0.4, -0.2) is 24.2 Å². The van der Waals surface area contributed by atoms with Gasteiger partial charge in [-0.2, -0.15) is 0 Å². The number of hydrogen-bond donors (Lipinski definition) is 1. The summed E-state index contributed by atoms with van der Waals surface area (Å²) in [6, 6.07) is 2.83. The molecule has 2 unspecified atom stereocenters. The van der Waals surface area contributed by atoms with E-state index in [1.54, 1.807) is 7.11 Å².